The average molecular weight is 609 g/mol. The summed E-state index contributed by atoms with van der Waals surface area (Å²) >= 11 is 0. The van der Waals surface area contributed by atoms with Gasteiger partial charge in [-0.3, -0.25) is 18.9 Å². The topological polar surface area (TPSA) is 164 Å². The molecule has 0 fully saturated rings. The first-order chi connectivity index (χ1) is 15.7. The highest BCUT2D eigenvalue weighted by molar-refractivity contribution is 7.46. The maximum atomic E-state index is 12.7. The zero-order valence-electron chi connectivity index (χ0n) is 20.4. The van der Waals surface area contributed by atoms with Crippen LogP contribution in [0.5, 0.6) is 0 Å². The predicted octanol–water partition coefficient (Wildman–Crippen LogP) is 6.14. The molecule has 12 nitrogen and oxygen atoms in total. The molecule has 0 radical (unpaired) electrons. The molecule has 0 amide bonds. The Balaban J connectivity index is -0.000000363. The van der Waals surface area contributed by atoms with Crippen LogP contribution < -0.4 is 0 Å². The number of carbonyl (C=O) groups excluding carboxylic acids is 3. The van der Waals surface area contributed by atoms with E-state index in [0.717, 1.165) is 0 Å². The zero-order valence-corrected chi connectivity index (χ0v) is 21.3. The van der Waals surface area contributed by atoms with Crippen LogP contribution in [0.15, 0.2) is 12.7 Å². The molecule has 246 valence electrons. The Bertz CT molecular complexity index is 720. The monoisotopic (exact) mass is 608 g/mol. The number of hydrogen-bond donors (Lipinski definition) is 2. The molecule has 0 aliphatic rings. The summed E-state index contributed by atoms with van der Waals surface area (Å²) in [4.78, 5) is 64.7. The smallest absolute Gasteiger partial charge is 0.469 e. The first kappa shape index (κ1) is 54.3. The first-order valence-corrected chi connectivity index (χ1v) is 12.2. The minimum absolute atomic E-state index is 0. The maximum Gasteiger partial charge on any atom is 0.469 e. The third-order valence-corrected chi connectivity index (χ3v) is 5.58. The van der Waals surface area contributed by atoms with E-state index in [4.69, 9.17) is 33.8 Å². The minimum Gasteiger partial charge on any atom is -0.469 e. The molecule has 0 aliphatic heterocycles. The van der Waals surface area contributed by atoms with Gasteiger partial charge < -0.3 is 24.0 Å². The summed E-state index contributed by atoms with van der Waals surface area (Å²) in [5.74, 6) is -2.66. The molecule has 0 aromatic carbocycles. The summed E-state index contributed by atoms with van der Waals surface area (Å²) in [6, 6.07) is 0. The van der Waals surface area contributed by atoms with E-state index in [2.05, 4.69) is 11.1 Å². The van der Waals surface area contributed by atoms with Crippen molar-refractivity contribution in [3.8, 4) is 0 Å². The van der Waals surface area contributed by atoms with Gasteiger partial charge in [0, 0.05) is 0 Å². The van der Waals surface area contributed by atoms with Crippen molar-refractivity contribution in [1.29, 1.82) is 0 Å². The van der Waals surface area contributed by atoms with Gasteiger partial charge in [0.1, 0.15) is 26.4 Å². The van der Waals surface area contributed by atoms with Crippen LogP contribution in [0.2, 0.25) is 0 Å². The van der Waals surface area contributed by atoms with Gasteiger partial charge in [0.15, 0.2) is 0 Å². The SMILES string of the molecule is C.C.C.C.C.C.C=CCOOCCOC(=O)C(C)(C)CC(CC(C)(CC)C(=O)OCCOP(=O)(O)O)C(=O)OC. The number of esters is 3. The van der Waals surface area contributed by atoms with E-state index in [1.165, 1.54) is 13.2 Å². The molecule has 0 aromatic heterocycles. The van der Waals surface area contributed by atoms with Crippen molar-refractivity contribution >= 4 is 25.7 Å². The summed E-state index contributed by atoms with van der Waals surface area (Å²) in [6.45, 7) is 9.30. The highest BCUT2D eigenvalue weighted by Gasteiger charge is 2.42. The second kappa shape index (κ2) is 26.1. The van der Waals surface area contributed by atoms with Gasteiger partial charge in [-0.05, 0) is 40.0 Å². The molecule has 0 rings (SSSR count). The molecule has 0 saturated heterocycles. The highest BCUT2D eigenvalue weighted by Crippen LogP contribution is 2.38. The van der Waals surface area contributed by atoms with Crippen LogP contribution in [-0.4, -0.2) is 67.8 Å². The number of ether oxygens (including phenoxy) is 3. The Hall–Kier alpha value is -1.82. The molecule has 2 atom stereocenters. The molecule has 0 heterocycles. The Morgan fingerprint density at radius 1 is 0.850 bits per heavy atom. The lowest BCUT2D eigenvalue weighted by Gasteiger charge is -2.32. The van der Waals surface area contributed by atoms with Crippen molar-refractivity contribution < 1.29 is 57.2 Å². The maximum absolute atomic E-state index is 12.7. The molecule has 0 spiro atoms. The van der Waals surface area contributed by atoms with E-state index >= 15 is 0 Å². The molecule has 2 N–H and O–H groups in total. The fourth-order valence-corrected chi connectivity index (χ4v) is 3.32. The number of phosphoric acid groups is 1. The van der Waals surface area contributed by atoms with Crippen LogP contribution in [0.3, 0.4) is 0 Å². The molecular formula is C27H61O12P. The van der Waals surface area contributed by atoms with Crippen molar-refractivity contribution in [2.45, 2.75) is 91.5 Å². The highest BCUT2D eigenvalue weighted by atomic mass is 31.2. The van der Waals surface area contributed by atoms with Gasteiger partial charge in [0.25, 0.3) is 0 Å². The minimum atomic E-state index is -4.68. The number of phosphoric ester groups is 1. The summed E-state index contributed by atoms with van der Waals surface area (Å²) in [6.07, 6.45) is 1.85. The molecule has 0 bridgehead atoms. The second-order valence-electron chi connectivity index (χ2n) is 8.42. The van der Waals surface area contributed by atoms with E-state index < -0.39 is 49.1 Å². The van der Waals surface area contributed by atoms with Crippen LogP contribution in [0.4, 0.5) is 0 Å². The lowest BCUT2D eigenvalue weighted by atomic mass is 9.73. The standard InChI is InChI=1S/C21H37O12P.6CH4/c1-7-9-31-32-12-10-29-18(23)20(3,4)14-16(17(22)28-6)15-21(5,8-2)19(24)30-11-13-33-34(25,26)27;;;;;;/h7,16H,1,8-15H2,2-6H3,(H2,25,26,27);6*1H4. The third kappa shape index (κ3) is 21.9. The van der Waals surface area contributed by atoms with Gasteiger partial charge in [-0.1, -0.05) is 57.6 Å². The van der Waals surface area contributed by atoms with E-state index in [9.17, 15) is 18.9 Å². The van der Waals surface area contributed by atoms with E-state index in [1.54, 1.807) is 27.7 Å². The third-order valence-electron chi connectivity index (χ3n) is 5.06. The lowest BCUT2D eigenvalue weighted by Crippen LogP contribution is -2.38. The van der Waals surface area contributed by atoms with Crippen LogP contribution in [0.1, 0.15) is 91.5 Å². The van der Waals surface area contributed by atoms with Crippen LogP contribution >= 0.6 is 7.82 Å². The first-order valence-electron chi connectivity index (χ1n) is 10.7. The summed E-state index contributed by atoms with van der Waals surface area (Å²) < 4.78 is 30.2. The van der Waals surface area contributed by atoms with E-state index in [-0.39, 0.29) is 83.8 Å². The van der Waals surface area contributed by atoms with Gasteiger partial charge >= 0.3 is 25.7 Å². The summed E-state index contributed by atoms with van der Waals surface area (Å²) in [5, 5.41) is 0. The Labute approximate surface area is 244 Å². The number of carbonyl (C=O) groups is 3. The summed E-state index contributed by atoms with van der Waals surface area (Å²) in [7, 11) is -3.47. The fourth-order valence-electron chi connectivity index (χ4n) is 3.00. The molecule has 0 aromatic rings. The van der Waals surface area contributed by atoms with Crippen molar-refractivity contribution in [3.63, 3.8) is 0 Å². The van der Waals surface area contributed by atoms with Gasteiger partial charge in [-0.15, -0.1) is 6.58 Å². The largest absolute Gasteiger partial charge is 0.469 e. The van der Waals surface area contributed by atoms with Crippen LogP contribution in [0, 0.1) is 16.7 Å². The van der Waals surface area contributed by atoms with Crippen molar-refractivity contribution in [1.82, 2.24) is 0 Å². The Morgan fingerprint density at radius 3 is 1.80 bits per heavy atom. The van der Waals surface area contributed by atoms with Gasteiger partial charge in [-0.25, -0.2) is 14.3 Å². The molecule has 2 unspecified atom stereocenters. The number of methoxy groups -OCH3 is 1. The van der Waals surface area contributed by atoms with E-state index in [1.807, 2.05) is 0 Å². The number of hydrogen-bond acceptors (Lipinski definition) is 10. The summed E-state index contributed by atoms with van der Waals surface area (Å²) in [5.41, 5.74) is -2.21. The Morgan fingerprint density at radius 2 is 1.35 bits per heavy atom. The quantitative estimate of drug-likeness (QED) is 0.0348. The molecule has 0 saturated carbocycles. The fraction of sp³-hybridized carbons (Fsp3) is 0.815. The van der Waals surface area contributed by atoms with Crippen molar-refractivity contribution in [2.24, 2.45) is 16.7 Å². The lowest BCUT2D eigenvalue weighted by molar-refractivity contribution is -0.290. The molecule has 0 aliphatic carbocycles. The van der Waals surface area contributed by atoms with Crippen LogP contribution in [0.25, 0.3) is 0 Å². The van der Waals surface area contributed by atoms with Gasteiger partial charge in [0.2, 0.25) is 0 Å². The van der Waals surface area contributed by atoms with Crippen molar-refractivity contribution in [3.05, 3.63) is 12.7 Å². The predicted molar refractivity (Wildman–Crippen MR) is 159 cm³/mol. The van der Waals surface area contributed by atoms with Crippen molar-refractivity contribution in [2.75, 3.05) is 40.1 Å². The molecule has 13 heteroatoms. The molecule has 40 heavy (non-hydrogen) atoms. The van der Waals surface area contributed by atoms with Gasteiger partial charge in [0.05, 0.1) is 30.5 Å². The number of rotatable bonds is 18. The Kier molecular flexibility index (Phi) is 35.4. The normalized spacial score (nSPS) is 12.4. The van der Waals surface area contributed by atoms with Crippen LogP contribution in [-0.2, 0) is 47.5 Å². The zero-order chi connectivity index (χ0) is 26.4. The molecular weight excluding hydrogens is 547 g/mol. The van der Waals surface area contributed by atoms with E-state index in [0.29, 0.717) is 6.42 Å². The second-order valence-corrected chi connectivity index (χ2v) is 9.66. The average Bonchev–Trinajstić information content (AvgIpc) is 2.76. The van der Waals surface area contributed by atoms with Gasteiger partial charge in [-0.2, -0.15) is 0 Å².